The van der Waals surface area contributed by atoms with Gasteiger partial charge in [-0.3, -0.25) is 9.69 Å². The van der Waals surface area contributed by atoms with Crippen molar-refractivity contribution in [2.45, 2.75) is 49.0 Å². The maximum atomic E-state index is 13.1. The maximum Gasteiger partial charge on any atom is 0.490 e. The number of nitrogens with one attached hydrogen (secondary N) is 1. The first-order valence-electron chi connectivity index (χ1n) is 11.5. The molecule has 2 aliphatic rings. The summed E-state index contributed by atoms with van der Waals surface area (Å²) < 4.78 is 59.8. The second-order valence-corrected chi connectivity index (χ2v) is 11.5. The summed E-state index contributed by atoms with van der Waals surface area (Å²) in [7, 11) is -3.56. The molecule has 0 aliphatic carbocycles. The Morgan fingerprint density at radius 2 is 1.86 bits per heavy atom. The fraction of sp³-hybridized carbons (Fsp3) is 0.714. The molecule has 1 aromatic rings. The van der Waals surface area contributed by atoms with Gasteiger partial charge in [-0.05, 0) is 37.8 Å². The van der Waals surface area contributed by atoms with Crippen LogP contribution in [0.25, 0.3) is 0 Å². The summed E-state index contributed by atoms with van der Waals surface area (Å²) in [6, 6.07) is 3.89. The molecule has 0 radical (unpaired) electrons. The Balaban J connectivity index is 0.000000540. The number of carboxylic acid groups (broad SMARTS) is 1. The highest BCUT2D eigenvalue weighted by Crippen LogP contribution is 2.22. The highest BCUT2D eigenvalue weighted by molar-refractivity contribution is 7.91. The lowest BCUT2D eigenvalue weighted by molar-refractivity contribution is -0.192. The monoisotopic (exact) mass is 542 g/mol. The van der Waals surface area contributed by atoms with Crippen LogP contribution in [0.1, 0.15) is 32.6 Å². The number of likely N-dealkylation sites (tertiary alicyclic amines) is 1. The number of sulfonamides is 1. The zero-order chi connectivity index (χ0) is 26.1. The van der Waals surface area contributed by atoms with Crippen molar-refractivity contribution in [2.75, 3.05) is 52.4 Å². The van der Waals surface area contributed by atoms with Gasteiger partial charge in [-0.1, -0.05) is 12.5 Å². The zero-order valence-corrected chi connectivity index (χ0v) is 21.3. The van der Waals surface area contributed by atoms with Crippen LogP contribution in [0.5, 0.6) is 0 Å². The van der Waals surface area contributed by atoms with E-state index in [0.29, 0.717) is 36.4 Å². The molecule has 0 spiro atoms. The summed E-state index contributed by atoms with van der Waals surface area (Å²) in [5.41, 5.74) is 0. The minimum Gasteiger partial charge on any atom is -0.475 e. The molecule has 1 unspecified atom stereocenters. The fourth-order valence-corrected chi connectivity index (χ4v) is 6.49. The molecule has 0 aromatic carbocycles. The fourth-order valence-electron chi connectivity index (χ4n) is 3.91. The molecule has 0 bridgehead atoms. The molecule has 1 amide bonds. The smallest absolute Gasteiger partial charge is 0.475 e. The van der Waals surface area contributed by atoms with Crippen LogP contribution in [0.2, 0.25) is 0 Å². The van der Waals surface area contributed by atoms with Gasteiger partial charge in [0.15, 0.2) is 0 Å². The number of amides is 1. The Morgan fingerprint density at radius 1 is 1.20 bits per heavy atom. The molecule has 35 heavy (non-hydrogen) atoms. The summed E-state index contributed by atoms with van der Waals surface area (Å²) in [6.45, 7) is 7.62. The van der Waals surface area contributed by atoms with Crippen LogP contribution in [0.4, 0.5) is 13.2 Å². The minimum absolute atomic E-state index is 0.0409. The minimum atomic E-state index is -5.08. The zero-order valence-electron chi connectivity index (χ0n) is 19.7. The van der Waals surface area contributed by atoms with Gasteiger partial charge in [-0.15, -0.1) is 11.3 Å². The van der Waals surface area contributed by atoms with Crippen molar-refractivity contribution >= 4 is 33.2 Å². The van der Waals surface area contributed by atoms with E-state index < -0.39 is 22.2 Å². The maximum absolute atomic E-state index is 13.1. The summed E-state index contributed by atoms with van der Waals surface area (Å²) in [6.07, 6.45) is -1.27. The number of carboxylic acids is 1. The van der Waals surface area contributed by atoms with E-state index >= 15 is 0 Å². The van der Waals surface area contributed by atoms with Gasteiger partial charge in [0.2, 0.25) is 5.91 Å². The number of carbonyl (C=O) groups excluding carboxylic acids is 1. The Kier molecular flexibility index (Phi) is 11.4. The first-order chi connectivity index (χ1) is 16.4. The number of piperidine rings is 1. The number of thiophene rings is 1. The molecule has 2 N–H and O–H groups in total. The normalized spacial score (nSPS) is 19.8. The van der Waals surface area contributed by atoms with Gasteiger partial charge in [-0.2, -0.15) is 17.5 Å². The second-order valence-electron chi connectivity index (χ2n) is 8.40. The van der Waals surface area contributed by atoms with Crippen molar-refractivity contribution < 1.29 is 36.3 Å². The van der Waals surface area contributed by atoms with Crippen molar-refractivity contribution in [3.05, 3.63) is 17.5 Å². The molecule has 3 heterocycles. The summed E-state index contributed by atoms with van der Waals surface area (Å²) in [5.74, 6) is -2.72. The van der Waals surface area contributed by atoms with Crippen molar-refractivity contribution in [3.8, 4) is 0 Å². The molecule has 2 saturated heterocycles. The number of aliphatic carboxylic acids is 1. The van der Waals surface area contributed by atoms with Crippen molar-refractivity contribution in [2.24, 2.45) is 0 Å². The van der Waals surface area contributed by atoms with E-state index in [1.54, 1.807) is 17.5 Å². The van der Waals surface area contributed by atoms with E-state index in [1.165, 1.54) is 34.9 Å². The molecule has 1 aromatic heterocycles. The van der Waals surface area contributed by atoms with Gasteiger partial charge >= 0.3 is 12.1 Å². The average Bonchev–Trinajstić information content (AvgIpc) is 3.36. The van der Waals surface area contributed by atoms with E-state index in [0.717, 1.165) is 19.6 Å². The third-order valence-electron chi connectivity index (χ3n) is 5.95. The van der Waals surface area contributed by atoms with Gasteiger partial charge < -0.3 is 15.3 Å². The van der Waals surface area contributed by atoms with Crippen LogP contribution in [-0.4, -0.2) is 104 Å². The van der Waals surface area contributed by atoms with Gasteiger partial charge in [0, 0.05) is 58.3 Å². The molecule has 200 valence electrons. The first-order valence-corrected chi connectivity index (χ1v) is 13.8. The summed E-state index contributed by atoms with van der Waals surface area (Å²) in [5, 5.41) is 12.1. The molecule has 1 atom stereocenters. The predicted octanol–water partition coefficient (Wildman–Crippen LogP) is 2.07. The Hall–Kier alpha value is -1.74. The molecule has 9 nitrogen and oxygen atoms in total. The lowest BCUT2D eigenvalue weighted by Gasteiger charge is -2.35. The molecule has 3 rings (SSSR count). The number of rotatable bonds is 8. The molecule has 2 aliphatic heterocycles. The highest BCUT2D eigenvalue weighted by atomic mass is 32.2. The number of hydrogen-bond acceptors (Lipinski definition) is 7. The topological polar surface area (TPSA) is 110 Å². The number of halogens is 3. The highest BCUT2D eigenvalue weighted by Gasteiger charge is 2.38. The van der Waals surface area contributed by atoms with Gasteiger partial charge in [0.05, 0.1) is 0 Å². The van der Waals surface area contributed by atoms with E-state index in [4.69, 9.17) is 9.90 Å². The van der Waals surface area contributed by atoms with E-state index in [2.05, 4.69) is 17.1 Å². The van der Waals surface area contributed by atoms with Crippen LogP contribution < -0.4 is 5.32 Å². The number of piperazine rings is 1. The summed E-state index contributed by atoms with van der Waals surface area (Å²) in [4.78, 5) is 25.6. The Bertz CT molecular complexity index is 907. The van der Waals surface area contributed by atoms with E-state index in [-0.39, 0.29) is 18.9 Å². The number of nitrogens with zero attached hydrogens (tertiary/aromatic N) is 3. The third kappa shape index (κ3) is 9.33. The second kappa shape index (κ2) is 13.5. The van der Waals surface area contributed by atoms with Crippen LogP contribution in [0.15, 0.2) is 21.7 Å². The van der Waals surface area contributed by atoms with Gasteiger partial charge in [0.25, 0.3) is 10.0 Å². The van der Waals surface area contributed by atoms with Gasteiger partial charge in [-0.25, -0.2) is 13.2 Å². The lowest BCUT2D eigenvalue weighted by Crippen LogP contribution is -2.48. The number of carbonyl (C=O) groups is 2. The molecular weight excluding hydrogens is 509 g/mol. The van der Waals surface area contributed by atoms with Gasteiger partial charge in [0.1, 0.15) is 4.21 Å². The van der Waals surface area contributed by atoms with Crippen LogP contribution >= 0.6 is 11.3 Å². The lowest BCUT2D eigenvalue weighted by atomic mass is 10.0. The van der Waals surface area contributed by atoms with Crippen molar-refractivity contribution in [1.29, 1.82) is 0 Å². The largest absolute Gasteiger partial charge is 0.490 e. The average molecular weight is 543 g/mol. The molecule has 0 saturated carbocycles. The SMILES string of the molecule is CC1CCCCN1CCN(CCC(=O)N1CCNCC1)S(=O)(=O)c1cccs1.O=C(O)C(F)(F)F. The summed E-state index contributed by atoms with van der Waals surface area (Å²) >= 11 is 1.24. The van der Waals surface area contributed by atoms with Crippen molar-refractivity contribution in [3.63, 3.8) is 0 Å². The third-order valence-corrected chi connectivity index (χ3v) is 9.23. The Labute approximate surface area is 207 Å². The number of alkyl halides is 3. The standard InChI is InChI=1S/C19H32N4O3S2.C2HF3O2/c1-17-5-2-3-10-21(17)14-15-23(28(25,26)19-6-4-16-27-19)11-7-18(24)22-12-8-20-9-13-22;3-2(4,5)1(6)7/h4,6,16-17,20H,2-3,5,7-15H2,1H3;(H,6,7). The predicted molar refractivity (Wildman–Crippen MR) is 126 cm³/mol. The van der Waals surface area contributed by atoms with Crippen LogP contribution in [0.3, 0.4) is 0 Å². The van der Waals surface area contributed by atoms with Crippen molar-refractivity contribution in [1.82, 2.24) is 19.4 Å². The van der Waals surface area contributed by atoms with Crippen LogP contribution in [0, 0.1) is 0 Å². The molecule has 2 fully saturated rings. The Morgan fingerprint density at radius 3 is 2.40 bits per heavy atom. The first kappa shape index (κ1) is 29.5. The van der Waals surface area contributed by atoms with E-state index in [9.17, 15) is 26.4 Å². The van der Waals surface area contributed by atoms with E-state index in [1.807, 2.05) is 4.90 Å². The molecule has 14 heteroatoms. The van der Waals surface area contributed by atoms with Crippen LogP contribution in [-0.2, 0) is 19.6 Å². The quantitative estimate of drug-likeness (QED) is 0.518. The molecular formula is C21H33F3N4O5S2. The number of hydrogen-bond donors (Lipinski definition) is 2.